The number of carbonyl (C=O) groups is 1. The normalized spacial score (nSPS) is 19.0. The second kappa shape index (κ2) is 9.00. The van der Waals surface area contributed by atoms with Crippen molar-refractivity contribution in [1.29, 1.82) is 0 Å². The van der Waals surface area contributed by atoms with Crippen molar-refractivity contribution in [3.63, 3.8) is 0 Å². The predicted molar refractivity (Wildman–Crippen MR) is 101 cm³/mol. The Morgan fingerprint density at radius 3 is 2.07 bits per heavy atom. The molecule has 1 saturated heterocycles. The Hall–Kier alpha value is -1.69. The van der Waals surface area contributed by atoms with E-state index in [2.05, 4.69) is 14.1 Å². The third kappa shape index (κ3) is 4.98. The number of hydrogen-bond acceptors (Lipinski definition) is 3. The molecule has 1 heterocycles. The average molecular weight is 434 g/mol. The van der Waals surface area contributed by atoms with Crippen molar-refractivity contribution in [1.82, 2.24) is 0 Å². The topological polar surface area (TPSA) is 46.5 Å². The Morgan fingerprint density at radius 1 is 1.07 bits per heavy atom. The fourth-order valence-corrected chi connectivity index (χ4v) is 3.88. The lowest BCUT2D eigenvalue weighted by atomic mass is 9.86. The molecule has 27 heavy (non-hydrogen) atoms. The number of quaternary nitrogens is 1. The van der Waals surface area contributed by atoms with Crippen LogP contribution in [0.3, 0.4) is 0 Å². The van der Waals surface area contributed by atoms with Gasteiger partial charge >= 0.3 is 5.97 Å². The van der Waals surface area contributed by atoms with Gasteiger partial charge in [0.05, 0.1) is 33.8 Å². The van der Waals surface area contributed by atoms with E-state index in [-0.39, 0.29) is 17.0 Å². The Balaban J connectivity index is 0.00000261. The number of likely N-dealkylation sites (tertiary alicyclic amines) is 1. The SMILES string of the molecule is C[N+]1(C)CCCC(COC(=O)C(O)(c2ccccc2)c2ccccc2)C1.[Br-]. The van der Waals surface area contributed by atoms with Crippen LogP contribution in [0.1, 0.15) is 24.0 Å². The predicted octanol–water partition coefficient (Wildman–Crippen LogP) is -0.0439. The van der Waals surface area contributed by atoms with E-state index < -0.39 is 11.6 Å². The number of nitrogens with zero attached hydrogens (tertiary/aromatic N) is 1. The molecule has 0 aliphatic carbocycles. The van der Waals surface area contributed by atoms with E-state index in [1.807, 2.05) is 36.4 Å². The van der Waals surface area contributed by atoms with Gasteiger partial charge in [-0.2, -0.15) is 0 Å². The fraction of sp³-hybridized carbons (Fsp3) is 0.409. The molecule has 3 rings (SSSR count). The van der Waals surface area contributed by atoms with Gasteiger partial charge in [0, 0.05) is 5.92 Å². The van der Waals surface area contributed by atoms with E-state index in [4.69, 9.17) is 4.74 Å². The molecule has 1 aliphatic rings. The van der Waals surface area contributed by atoms with E-state index in [1.54, 1.807) is 24.3 Å². The van der Waals surface area contributed by atoms with E-state index >= 15 is 0 Å². The van der Waals surface area contributed by atoms with Crippen molar-refractivity contribution in [3.8, 4) is 0 Å². The molecule has 1 N–H and O–H groups in total. The summed E-state index contributed by atoms with van der Waals surface area (Å²) in [5.74, 6) is -0.274. The van der Waals surface area contributed by atoms with E-state index in [9.17, 15) is 9.90 Å². The van der Waals surface area contributed by atoms with Crippen molar-refractivity contribution >= 4 is 5.97 Å². The van der Waals surface area contributed by atoms with Crippen LogP contribution in [0.25, 0.3) is 0 Å². The summed E-state index contributed by atoms with van der Waals surface area (Å²) < 4.78 is 6.60. The summed E-state index contributed by atoms with van der Waals surface area (Å²) in [4.78, 5) is 13.0. The van der Waals surface area contributed by atoms with Crippen LogP contribution in [0.2, 0.25) is 0 Å². The van der Waals surface area contributed by atoms with Crippen molar-refractivity contribution in [2.75, 3.05) is 33.8 Å². The summed E-state index contributed by atoms with van der Waals surface area (Å²) in [6, 6.07) is 18.0. The highest BCUT2D eigenvalue weighted by atomic mass is 79.9. The van der Waals surface area contributed by atoms with Gasteiger partial charge in [0.15, 0.2) is 0 Å². The molecule has 2 aromatic rings. The number of piperidine rings is 1. The molecule has 1 atom stereocenters. The molecule has 2 aromatic carbocycles. The second-order valence-electron chi connectivity index (χ2n) is 7.89. The second-order valence-corrected chi connectivity index (χ2v) is 7.89. The van der Waals surface area contributed by atoms with Gasteiger partial charge in [-0.15, -0.1) is 0 Å². The standard InChI is InChI=1S/C22H28NO3.BrH/c1-23(2)15-9-10-18(16-23)17-26-21(24)22(25,19-11-5-3-6-12-19)20-13-7-4-8-14-20;/h3-8,11-14,18,25H,9-10,15-17H2,1-2H3;1H/q+1;/p-1. The van der Waals surface area contributed by atoms with Gasteiger partial charge in [0.1, 0.15) is 0 Å². The smallest absolute Gasteiger partial charge is 0.347 e. The summed E-state index contributed by atoms with van der Waals surface area (Å²) in [6.45, 7) is 2.49. The van der Waals surface area contributed by atoms with Gasteiger partial charge in [-0.1, -0.05) is 60.7 Å². The van der Waals surface area contributed by atoms with Crippen LogP contribution in [0.4, 0.5) is 0 Å². The maximum absolute atomic E-state index is 13.0. The highest BCUT2D eigenvalue weighted by Crippen LogP contribution is 2.31. The first-order valence-corrected chi connectivity index (χ1v) is 9.24. The minimum Gasteiger partial charge on any atom is -1.00 e. The minimum absolute atomic E-state index is 0. The zero-order chi connectivity index (χ0) is 18.6. The maximum atomic E-state index is 13.0. The number of aliphatic hydroxyl groups is 1. The van der Waals surface area contributed by atoms with Crippen LogP contribution in [0.5, 0.6) is 0 Å². The van der Waals surface area contributed by atoms with Gasteiger partial charge < -0.3 is 31.3 Å². The lowest BCUT2D eigenvalue weighted by Crippen LogP contribution is -3.00. The first-order chi connectivity index (χ1) is 12.4. The van der Waals surface area contributed by atoms with Crippen LogP contribution >= 0.6 is 0 Å². The lowest BCUT2D eigenvalue weighted by molar-refractivity contribution is -0.898. The molecular weight excluding hydrogens is 406 g/mol. The molecule has 0 radical (unpaired) electrons. The summed E-state index contributed by atoms with van der Waals surface area (Å²) in [6.07, 6.45) is 2.20. The third-order valence-electron chi connectivity index (χ3n) is 5.26. The molecule has 146 valence electrons. The minimum atomic E-state index is -1.79. The Bertz CT molecular complexity index is 694. The molecule has 1 aliphatic heterocycles. The maximum Gasteiger partial charge on any atom is 0.347 e. The molecule has 0 bridgehead atoms. The molecule has 0 spiro atoms. The van der Waals surface area contributed by atoms with Gasteiger partial charge in [-0.25, -0.2) is 4.79 Å². The molecule has 0 saturated carbocycles. The van der Waals surface area contributed by atoms with Gasteiger partial charge in [-0.3, -0.25) is 0 Å². The molecule has 4 nitrogen and oxygen atoms in total. The third-order valence-corrected chi connectivity index (χ3v) is 5.26. The number of ether oxygens (including phenoxy) is 1. The van der Waals surface area contributed by atoms with Crippen LogP contribution in [0.15, 0.2) is 60.7 Å². The van der Waals surface area contributed by atoms with E-state index in [1.165, 1.54) is 0 Å². The van der Waals surface area contributed by atoms with Crippen LogP contribution in [0, 0.1) is 5.92 Å². The lowest BCUT2D eigenvalue weighted by Gasteiger charge is -2.38. The van der Waals surface area contributed by atoms with Crippen LogP contribution in [-0.4, -0.2) is 49.4 Å². The number of hydrogen-bond donors (Lipinski definition) is 1. The summed E-state index contributed by atoms with van der Waals surface area (Å²) >= 11 is 0. The first-order valence-electron chi connectivity index (χ1n) is 9.24. The molecule has 0 amide bonds. The summed E-state index contributed by atoms with van der Waals surface area (Å²) in [5.41, 5.74) is -0.742. The average Bonchev–Trinajstić information content (AvgIpc) is 2.66. The van der Waals surface area contributed by atoms with Crippen LogP contribution < -0.4 is 17.0 Å². The zero-order valence-electron chi connectivity index (χ0n) is 16.0. The fourth-order valence-electron chi connectivity index (χ4n) is 3.88. The van der Waals surface area contributed by atoms with Gasteiger partial charge in [0.2, 0.25) is 5.60 Å². The Labute approximate surface area is 172 Å². The van der Waals surface area contributed by atoms with E-state index in [0.717, 1.165) is 30.4 Å². The van der Waals surface area contributed by atoms with Gasteiger partial charge in [-0.05, 0) is 24.0 Å². The highest BCUT2D eigenvalue weighted by Gasteiger charge is 2.42. The molecule has 1 fully saturated rings. The number of esters is 1. The van der Waals surface area contributed by atoms with Crippen molar-refractivity contribution in [2.45, 2.75) is 18.4 Å². The molecule has 0 aromatic heterocycles. The van der Waals surface area contributed by atoms with Crippen LogP contribution in [-0.2, 0) is 15.1 Å². The number of rotatable bonds is 5. The summed E-state index contributed by atoms with van der Waals surface area (Å²) in [5, 5.41) is 11.4. The van der Waals surface area contributed by atoms with Gasteiger partial charge in [0.25, 0.3) is 0 Å². The van der Waals surface area contributed by atoms with Crippen molar-refractivity contribution in [3.05, 3.63) is 71.8 Å². The van der Waals surface area contributed by atoms with Crippen molar-refractivity contribution in [2.24, 2.45) is 5.92 Å². The molecule has 1 unspecified atom stereocenters. The van der Waals surface area contributed by atoms with Crippen molar-refractivity contribution < 1.29 is 36.1 Å². The molecular formula is C22H28BrNO3. The largest absolute Gasteiger partial charge is 1.00 e. The summed E-state index contributed by atoms with van der Waals surface area (Å²) in [7, 11) is 4.41. The zero-order valence-corrected chi connectivity index (χ0v) is 17.6. The Kier molecular flexibility index (Phi) is 7.20. The quantitative estimate of drug-likeness (QED) is 0.531. The molecule has 5 heteroatoms. The monoisotopic (exact) mass is 433 g/mol. The number of halogens is 1. The highest BCUT2D eigenvalue weighted by molar-refractivity contribution is 5.85. The Morgan fingerprint density at radius 2 is 1.59 bits per heavy atom. The number of carbonyl (C=O) groups excluding carboxylic acids is 1. The first kappa shape index (κ1) is 21.6. The number of benzene rings is 2. The van der Waals surface area contributed by atoms with E-state index in [0.29, 0.717) is 23.7 Å².